The first-order valence-electron chi connectivity index (χ1n) is 8.00. The van der Waals surface area contributed by atoms with Crippen molar-refractivity contribution in [3.63, 3.8) is 0 Å². The Bertz CT molecular complexity index is 653. The van der Waals surface area contributed by atoms with Gasteiger partial charge in [-0.1, -0.05) is 54.1 Å². The standard InChI is InChI=1S/C19H21ClN2O/c20-16-8-4-7-15(9-16)13-21-17-11-18(12-17)22-19(23)10-14-5-2-1-3-6-14/h1-9,17-18,21H,10-13H2,(H,22,23)/t17-,18-. The Morgan fingerprint density at radius 3 is 2.48 bits per heavy atom. The number of amides is 1. The molecule has 120 valence electrons. The van der Waals surface area contributed by atoms with Crippen LogP contribution in [0.3, 0.4) is 0 Å². The fraction of sp³-hybridized carbons (Fsp3) is 0.316. The van der Waals surface area contributed by atoms with Gasteiger partial charge in [-0.3, -0.25) is 4.79 Å². The molecule has 1 saturated carbocycles. The van der Waals surface area contributed by atoms with Gasteiger partial charge in [-0.05, 0) is 36.1 Å². The van der Waals surface area contributed by atoms with E-state index in [1.54, 1.807) is 0 Å². The molecule has 0 saturated heterocycles. The van der Waals surface area contributed by atoms with Gasteiger partial charge in [0.15, 0.2) is 0 Å². The molecule has 1 fully saturated rings. The Morgan fingerprint density at radius 2 is 1.74 bits per heavy atom. The molecule has 0 atom stereocenters. The summed E-state index contributed by atoms with van der Waals surface area (Å²) in [6.45, 7) is 0.815. The van der Waals surface area contributed by atoms with Crippen LogP contribution in [0.1, 0.15) is 24.0 Å². The number of rotatable bonds is 6. The molecule has 1 aliphatic carbocycles. The fourth-order valence-corrected chi connectivity index (χ4v) is 3.08. The van der Waals surface area contributed by atoms with Crippen molar-refractivity contribution in [3.8, 4) is 0 Å². The van der Waals surface area contributed by atoms with Crippen LogP contribution in [0, 0.1) is 0 Å². The number of halogens is 1. The molecule has 1 amide bonds. The van der Waals surface area contributed by atoms with Crippen molar-refractivity contribution in [3.05, 3.63) is 70.7 Å². The second-order valence-electron chi connectivity index (χ2n) is 6.11. The molecular formula is C19H21ClN2O. The van der Waals surface area contributed by atoms with Gasteiger partial charge >= 0.3 is 0 Å². The van der Waals surface area contributed by atoms with Crippen LogP contribution in [0.15, 0.2) is 54.6 Å². The van der Waals surface area contributed by atoms with Gasteiger partial charge in [0, 0.05) is 23.7 Å². The predicted octanol–water partition coefficient (Wildman–Crippen LogP) is 3.32. The van der Waals surface area contributed by atoms with Gasteiger partial charge in [0.25, 0.3) is 0 Å². The first kappa shape index (κ1) is 16.0. The monoisotopic (exact) mass is 328 g/mol. The molecule has 2 aromatic rings. The Balaban J connectivity index is 1.35. The number of hydrogen-bond donors (Lipinski definition) is 2. The van der Waals surface area contributed by atoms with Crippen LogP contribution in [0.5, 0.6) is 0 Å². The van der Waals surface area contributed by atoms with E-state index in [4.69, 9.17) is 11.6 Å². The molecule has 2 N–H and O–H groups in total. The third kappa shape index (κ3) is 4.81. The molecule has 2 aromatic carbocycles. The highest BCUT2D eigenvalue weighted by Crippen LogP contribution is 2.21. The summed E-state index contributed by atoms with van der Waals surface area (Å²) in [6, 6.07) is 18.5. The van der Waals surface area contributed by atoms with E-state index in [0.717, 1.165) is 30.0 Å². The predicted molar refractivity (Wildman–Crippen MR) is 93.4 cm³/mol. The van der Waals surface area contributed by atoms with E-state index in [1.165, 1.54) is 5.56 Å². The van der Waals surface area contributed by atoms with Crippen LogP contribution in [-0.4, -0.2) is 18.0 Å². The second kappa shape index (κ2) is 7.62. The summed E-state index contributed by atoms with van der Waals surface area (Å²) < 4.78 is 0. The fourth-order valence-electron chi connectivity index (χ4n) is 2.87. The molecule has 3 rings (SSSR count). The van der Waals surface area contributed by atoms with Crippen LogP contribution >= 0.6 is 11.6 Å². The molecular weight excluding hydrogens is 308 g/mol. The summed E-state index contributed by atoms with van der Waals surface area (Å²) in [5.41, 5.74) is 2.24. The Hall–Kier alpha value is -1.84. The zero-order valence-corrected chi connectivity index (χ0v) is 13.7. The molecule has 3 nitrogen and oxygen atoms in total. The quantitative estimate of drug-likeness (QED) is 0.854. The van der Waals surface area contributed by atoms with Gasteiger partial charge in [-0.15, -0.1) is 0 Å². The van der Waals surface area contributed by atoms with Crippen molar-refractivity contribution >= 4 is 17.5 Å². The van der Waals surface area contributed by atoms with E-state index in [9.17, 15) is 4.79 Å². The van der Waals surface area contributed by atoms with Gasteiger partial charge in [0.2, 0.25) is 5.91 Å². The molecule has 0 spiro atoms. The molecule has 1 aliphatic rings. The van der Waals surface area contributed by atoms with E-state index in [-0.39, 0.29) is 5.91 Å². The molecule has 0 aliphatic heterocycles. The van der Waals surface area contributed by atoms with Gasteiger partial charge < -0.3 is 10.6 Å². The highest BCUT2D eigenvalue weighted by Gasteiger charge is 2.29. The molecule has 0 unspecified atom stereocenters. The smallest absolute Gasteiger partial charge is 0.224 e. The number of benzene rings is 2. The highest BCUT2D eigenvalue weighted by atomic mass is 35.5. The molecule has 0 radical (unpaired) electrons. The van der Waals surface area contributed by atoms with E-state index >= 15 is 0 Å². The van der Waals surface area contributed by atoms with Crippen molar-refractivity contribution in [1.82, 2.24) is 10.6 Å². The van der Waals surface area contributed by atoms with Crippen LogP contribution in [0.2, 0.25) is 5.02 Å². The van der Waals surface area contributed by atoms with Crippen molar-refractivity contribution in [1.29, 1.82) is 0 Å². The molecule has 0 aromatic heterocycles. The minimum Gasteiger partial charge on any atom is -0.353 e. The zero-order valence-electron chi connectivity index (χ0n) is 13.0. The van der Waals surface area contributed by atoms with Crippen LogP contribution < -0.4 is 10.6 Å². The van der Waals surface area contributed by atoms with E-state index < -0.39 is 0 Å². The normalized spacial score (nSPS) is 19.9. The Kier molecular flexibility index (Phi) is 5.31. The number of nitrogens with one attached hydrogen (secondary N) is 2. The summed E-state index contributed by atoms with van der Waals surface area (Å²) in [4.78, 5) is 12.0. The number of hydrogen-bond acceptors (Lipinski definition) is 2. The third-order valence-corrected chi connectivity index (χ3v) is 4.43. The Labute approximate surface area is 142 Å². The largest absolute Gasteiger partial charge is 0.353 e. The van der Waals surface area contributed by atoms with Crippen molar-refractivity contribution < 1.29 is 4.79 Å². The topological polar surface area (TPSA) is 41.1 Å². The summed E-state index contributed by atoms with van der Waals surface area (Å²) in [5.74, 6) is 0.106. The second-order valence-corrected chi connectivity index (χ2v) is 6.54. The molecule has 4 heteroatoms. The lowest BCUT2D eigenvalue weighted by Crippen LogP contribution is -2.52. The number of carbonyl (C=O) groups excluding carboxylic acids is 1. The number of carbonyl (C=O) groups is 1. The Morgan fingerprint density at radius 1 is 1.00 bits per heavy atom. The van der Waals surface area contributed by atoms with Crippen LogP contribution in [0.25, 0.3) is 0 Å². The average Bonchev–Trinajstić information content (AvgIpc) is 2.50. The first-order chi connectivity index (χ1) is 11.2. The summed E-state index contributed by atoms with van der Waals surface area (Å²) in [7, 11) is 0. The zero-order chi connectivity index (χ0) is 16.1. The summed E-state index contributed by atoms with van der Waals surface area (Å²) in [6.07, 6.45) is 2.43. The third-order valence-electron chi connectivity index (χ3n) is 4.19. The van der Waals surface area contributed by atoms with E-state index in [1.807, 2.05) is 48.5 Å². The van der Waals surface area contributed by atoms with Crippen molar-refractivity contribution in [2.75, 3.05) is 0 Å². The maximum absolute atomic E-state index is 12.0. The molecule has 0 heterocycles. The molecule has 23 heavy (non-hydrogen) atoms. The van der Waals surface area contributed by atoms with E-state index in [0.29, 0.717) is 18.5 Å². The summed E-state index contributed by atoms with van der Waals surface area (Å²) >= 11 is 5.98. The lowest BCUT2D eigenvalue weighted by molar-refractivity contribution is -0.121. The molecule has 0 bridgehead atoms. The van der Waals surface area contributed by atoms with Crippen LogP contribution in [0.4, 0.5) is 0 Å². The van der Waals surface area contributed by atoms with Crippen molar-refractivity contribution in [2.24, 2.45) is 0 Å². The summed E-state index contributed by atoms with van der Waals surface area (Å²) in [5, 5.41) is 7.38. The van der Waals surface area contributed by atoms with Gasteiger partial charge in [-0.2, -0.15) is 0 Å². The SMILES string of the molecule is O=C(Cc1ccccc1)N[C@H]1C[C@H](NCc2cccc(Cl)c2)C1. The average molecular weight is 329 g/mol. The minimum atomic E-state index is 0.106. The lowest BCUT2D eigenvalue weighted by atomic mass is 9.86. The first-order valence-corrected chi connectivity index (χ1v) is 8.38. The van der Waals surface area contributed by atoms with Crippen LogP contribution in [-0.2, 0) is 17.8 Å². The highest BCUT2D eigenvalue weighted by molar-refractivity contribution is 6.30. The minimum absolute atomic E-state index is 0.106. The van der Waals surface area contributed by atoms with Crippen molar-refractivity contribution in [2.45, 2.75) is 37.9 Å². The van der Waals surface area contributed by atoms with E-state index in [2.05, 4.69) is 16.7 Å². The maximum atomic E-state index is 12.0. The lowest BCUT2D eigenvalue weighted by Gasteiger charge is -2.36. The van der Waals surface area contributed by atoms with Gasteiger partial charge in [-0.25, -0.2) is 0 Å². The van der Waals surface area contributed by atoms with Gasteiger partial charge in [0.1, 0.15) is 0 Å². The van der Waals surface area contributed by atoms with Gasteiger partial charge in [0.05, 0.1) is 6.42 Å². The maximum Gasteiger partial charge on any atom is 0.224 e.